The maximum Gasteiger partial charge on any atom is 0.265 e. The molecule has 0 fully saturated rings. The smallest absolute Gasteiger partial charge is 0.265 e. The number of aromatic amines is 1. The first-order valence-electron chi connectivity index (χ1n) is 9.02. The van der Waals surface area contributed by atoms with Crippen molar-refractivity contribution in [2.24, 2.45) is 5.73 Å². The minimum absolute atomic E-state index is 0.304. The number of thiophene rings is 1. The first-order chi connectivity index (χ1) is 13.0. The Balaban J connectivity index is 1.53. The summed E-state index contributed by atoms with van der Waals surface area (Å²) in [7, 11) is 0. The number of hydrogen-bond acceptors (Lipinski definition) is 4. The lowest BCUT2D eigenvalue weighted by Crippen LogP contribution is -2.30. The summed E-state index contributed by atoms with van der Waals surface area (Å²) >= 11 is 1.45. The average molecular weight is 383 g/mol. The molecule has 27 heavy (non-hydrogen) atoms. The fraction of sp³-hybridized carbons (Fsp3) is 0.300. The summed E-state index contributed by atoms with van der Waals surface area (Å²) in [6.45, 7) is 1.69. The molecule has 1 aromatic carbocycles. The zero-order valence-electron chi connectivity index (χ0n) is 15.0. The van der Waals surface area contributed by atoms with E-state index in [1.807, 2.05) is 24.3 Å². The molecule has 3 aromatic rings. The van der Waals surface area contributed by atoms with E-state index in [1.54, 1.807) is 13.1 Å². The van der Waals surface area contributed by atoms with E-state index < -0.39 is 12.0 Å². The van der Waals surface area contributed by atoms with Gasteiger partial charge in [0.25, 0.3) is 11.8 Å². The van der Waals surface area contributed by atoms with Crippen LogP contribution < -0.4 is 15.8 Å². The van der Waals surface area contributed by atoms with Gasteiger partial charge in [-0.25, -0.2) is 0 Å². The molecule has 0 saturated carbocycles. The number of ether oxygens (including phenoxy) is 1. The number of amides is 2. The zero-order valence-corrected chi connectivity index (χ0v) is 15.8. The van der Waals surface area contributed by atoms with E-state index in [0.29, 0.717) is 16.3 Å². The lowest BCUT2D eigenvalue weighted by molar-refractivity contribution is -0.121. The standard InChI is InChI=1S/C20H21N3O3S/c1-11(26-15-10-22-14-8-4-2-6-12(14)15)19(25)23-20-17(18(21)24)13-7-3-5-9-16(13)27-20/h2,4,6,8,10-11,22H,3,5,7,9H2,1H3,(H2,21,24)(H,23,25). The van der Waals surface area contributed by atoms with Crippen molar-refractivity contribution in [2.45, 2.75) is 38.7 Å². The second-order valence-corrected chi connectivity index (χ2v) is 7.83. The van der Waals surface area contributed by atoms with E-state index in [0.717, 1.165) is 47.0 Å². The van der Waals surface area contributed by atoms with Crippen molar-refractivity contribution >= 4 is 39.1 Å². The number of rotatable bonds is 5. The SMILES string of the molecule is CC(Oc1c[nH]c2ccccc12)C(=O)Nc1sc2c(c1C(N)=O)CCCC2. The molecule has 4 rings (SSSR count). The van der Waals surface area contributed by atoms with Crippen LogP contribution in [0.4, 0.5) is 5.00 Å². The van der Waals surface area contributed by atoms with Crippen LogP contribution in [0.3, 0.4) is 0 Å². The molecule has 140 valence electrons. The highest BCUT2D eigenvalue weighted by atomic mass is 32.1. The van der Waals surface area contributed by atoms with Gasteiger partial charge in [0.05, 0.1) is 5.56 Å². The van der Waals surface area contributed by atoms with Crippen molar-refractivity contribution in [3.05, 3.63) is 46.5 Å². The number of nitrogens with two attached hydrogens (primary N) is 1. The van der Waals surface area contributed by atoms with Crippen LogP contribution in [0.1, 0.15) is 40.6 Å². The summed E-state index contributed by atoms with van der Waals surface area (Å²) in [5.41, 5.74) is 7.99. The minimum Gasteiger partial charge on any atom is -0.479 e. The Morgan fingerprint density at radius 1 is 1.26 bits per heavy atom. The van der Waals surface area contributed by atoms with Gasteiger partial charge in [-0.05, 0) is 50.3 Å². The number of aromatic nitrogens is 1. The summed E-state index contributed by atoms with van der Waals surface area (Å²) < 4.78 is 5.85. The monoisotopic (exact) mass is 383 g/mol. The summed E-state index contributed by atoms with van der Waals surface area (Å²) in [6, 6.07) is 7.73. The summed E-state index contributed by atoms with van der Waals surface area (Å²) in [5.74, 6) is -0.176. The lowest BCUT2D eigenvalue weighted by Gasteiger charge is -2.14. The molecule has 2 heterocycles. The van der Waals surface area contributed by atoms with Gasteiger partial charge in [0, 0.05) is 22.0 Å². The molecule has 7 heteroatoms. The van der Waals surface area contributed by atoms with Crippen molar-refractivity contribution in [3.63, 3.8) is 0 Å². The van der Waals surface area contributed by atoms with Crippen molar-refractivity contribution in [1.29, 1.82) is 0 Å². The topological polar surface area (TPSA) is 97.2 Å². The largest absolute Gasteiger partial charge is 0.479 e. The van der Waals surface area contributed by atoms with Crippen LogP contribution in [0.5, 0.6) is 5.75 Å². The van der Waals surface area contributed by atoms with Crippen LogP contribution in [-0.4, -0.2) is 22.9 Å². The number of benzene rings is 1. The fourth-order valence-corrected chi connectivity index (χ4v) is 4.81. The Hall–Kier alpha value is -2.80. The molecular formula is C20H21N3O3S. The maximum atomic E-state index is 12.7. The highest BCUT2D eigenvalue weighted by Gasteiger charge is 2.26. The van der Waals surface area contributed by atoms with Crippen molar-refractivity contribution in [1.82, 2.24) is 4.98 Å². The predicted octanol–water partition coefficient (Wildman–Crippen LogP) is 3.61. The van der Waals surface area contributed by atoms with Crippen LogP contribution in [0, 0.1) is 0 Å². The number of carbonyl (C=O) groups is 2. The molecule has 0 spiro atoms. The van der Waals surface area contributed by atoms with E-state index in [2.05, 4.69) is 10.3 Å². The Morgan fingerprint density at radius 3 is 2.85 bits per heavy atom. The Bertz CT molecular complexity index is 1020. The first kappa shape index (κ1) is 17.6. The predicted molar refractivity (Wildman–Crippen MR) is 106 cm³/mol. The summed E-state index contributed by atoms with van der Waals surface area (Å²) in [5, 5.41) is 4.31. The molecule has 0 aliphatic heterocycles. The lowest BCUT2D eigenvalue weighted by atomic mass is 9.95. The third-order valence-electron chi connectivity index (χ3n) is 4.88. The molecule has 1 unspecified atom stereocenters. The molecule has 0 bridgehead atoms. The molecule has 6 nitrogen and oxygen atoms in total. The number of H-pyrrole nitrogens is 1. The van der Waals surface area contributed by atoms with Crippen molar-refractivity contribution < 1.29 is 14.3 Å². The summed E-state index contributed by atoms with van der Waals surface area (Å²) in [4.78, 5) is 28.9. The normalized spacial score (nSPS) is 14.6. The second kappa shape index (κ2) is 7.08. The molecule has 1 aliphatic carbocycles. The Kier molecular flexibility index (Phi) is 4.61. The van der Waals surface area contributed by atoms with Gasteiger partial charge in [-0.15, -0.1) is 11.3 Å². The third kappa shape index (κ3) is 3.30. The number of nitrogens with one attached hydrogen (secondary N) is 2. The minimum atomic E-state index is -0.718. The molecule has 2 amide bonds. The van der Waals surface area contributed by atoms with Gasteiger partial charge < -0.3 is 20.8 Å². The number of hydrogen-bond donors (Lipinski definition) is 3. The van der Waals surface area contributed by atoms with Crippen LogP contribution in [0.25, 0.3) is 10.9 Å². The van der Waals surface area contributed by atoms with Gasteiger partial charge in [-0.3, -0.25) is 9.59 Å². The van der Waals surface area contributed by atoms with Gasteiger partial charge in [0.1, 0.15) is 10.8 Å². The quantitative estimate of drug-likeness (QED) is 0.628. The fourth-order valence-electron chi connectivity index (χ4n) is 3.51. The number of para-hydroxylation sites is 1. The van der Waals surface area contributed by atoms with Crippen LogP contribution in [-0.2, 0) is 17.6 Å². The van der Waals surface area contributed by atoms with Gasteiger partial charge >= 0.3 is 0 Å². The van der Waals surface area contributed by atoms with Gasteiger partial charge in [-0.2, -0.15) is 0 Å². The van der Waals surface area contributed by atoms with E-state index in [4.69, 9.17) is 10.5 Å². The maximum absolute atomic E-state index is 12.7. The molecule has 4 N–H and O–H groups in total. The number of primary amides is 1. The van der Waals surface area contributed by atoms with Crippen molar-refractivity contribution in [3.8, 4) is 5.75 Å². The highest BCUT2D eigenvalue weighted by Crippen LogP contribution is 2.38. The summed E-state index contributed by atoms with van der Waals surface area (Å²) in [6.07, 6.45) is 4.92. The van der Waals surface area contributed by atoms with Crippen LogP contribution in [0.15, 0.2) is 30.5 Å². The number of fused-ring (bicyclic) bond motifs is 2. The van der Waals surface area contributed by atoms with Gasteiger partial charge in [0.2, 0.25) is 0 Å². The van der Waals surface area contributed by atoms with Crippen LogP contribution in [0.2, 0.25) is 0 Å². The second-order valence-electron chi connectivity index (χ2n) is 6.73. The molecule has 2 aromatic heterocycles. The third-order valence-corrected chi connectivity index (χ3v) is 6.09. The highest BCUT2D eigenvalue weighted by molar-refractivity contribution is 7.17. The van der Waals surface area contributed by atoms with Gasteiger partial charge in [0.15, 0.2) is 6.10 Å². The molecule has 1 atom stereocenters. The van der Waals surface area contributed by atoms with Crippen LogP contribution >= 0.6 is 11.3 Å². The van der Waals surface area contributed by atoms with E-state index >= 15 is 0 Å². The Labute approximate surface area is 160 Å². The molecule has 1 aliphatic rings. The van der Waals surface area contributed by atoms with Crippen molar-refractivity contribution in [2.75, 3.05) is 5.32 Å². The van der Waals surface area contributed by atoms with E-state index in [1.165, 1.54) is 11.3 Å². The average Bonchev–Trinajstić information content (AvgIpc) is 3.22. The van der Waals surface area contributed by atoms with E-state index in [9.17, 15) is 9.59 Å². The first-order valence-corrected chi connectivity index (χ1v) is 9.84. The molecular weight excluding hydrogens is 362 g/mol. The molecule has 0 radical (unpaired) electrons. The Morgan fingerprint density at radius 2 is 2.04 bits per heavy atom. The zero-order chi connectivity index (χ0) is 19.0. The van der Waals surface area contributed by atoms with E-state index in [-0.39, 0.29) is 5.91 Å². The van der Waals surface area contributed by atoms with Gasteiger partial charge in [-0.1, -0.05) is 12.1 Å². The molecule has 0 saturated heterocycles. The number of carbonyl (C=O) groups excluding carboxylic acids is 2. The number of aryl methyl sites for hydroxylation is 1. The number of anilines is 1.